The van der Waals surface area contributed by atoms with Crippen molar-refractivity contribution in [1.29, 1.82) is 0 Å². The van der Waals surface area contributed by atoms with Crippen molar-refractivity contribution in [2.24, 2.45) is 0 Å². The van der Waals surface area contributed by atoms with E-state index in [0.29, 0.717) is 0 Å². The van der Waals surface area contributed by atoms with Crippen molar-refractivity contribution in [3.05, 3.63) is 34.2 Å². The molecule has 0 spiro atoms. The Bertz CT molecular complexity index is 691. The molecule has 0 saturated carbocycles. The summed E-state index contributed by atoms with van der Waals surface area (Å²) in [6.07, 6.45) is 0.994. The van der Waals surface area contributed by atoms with E-state index in [1.807, 2.05) is 17.5 Å². The van der Waals surface area contributed by atoms with Crippen LogP contribution in [0.25, 0.3) is 0 Å². The van der Waals surface area contributed by atoms with Crippen LogP contribution in [0.5, 0.6) is 0 Å². The average molecular weight is 315 g/mol. The van der Waals surface area contributed by atoms with Gasteiger partial charge in [-0.3, -0.25) is 5.10 Å². The fourth-order valence-electron chi connectivity index (χ4n) is 1.70. The van der Waals surface area contributed by atoms with Gasteiger partial charge in [0.2, 0.25) is 0 Å². The lowest BCUT2D eigenvalue weighted by Gasteiger charge is -2.19. The van der Waals surface area contributed by atoms with Gasteiger partial charge in [0.05, 0.1) is 6.20 Å². The second-order valence-corrected chi connectivity index (χ2v) is 6.84. The van der Waals surface area contributed by atoms with E-state index in [1.54, 1.807) is 6.92 Å². The monoisotopic (exact) mass is 315 g/mol. The van der Waals surface area contributed by atoms with Crippen LogP contribution in [0.1, 0.15) is 22.2 Å². The molecule has 108 valence electrons. The maximum atomic E-state index is 12.5. The number of nitrogens with one attached hydrogen (secondary N) is 1. The van der Waals surface area contributed by atoms with Crippen molar-refractivity contribution in [1.82, 2.24) is 14.5 Å². The first-order valence-corrected chi connectivity index (χ1v) is 8.08. The van der Waals surface area contributed by atoms with Gasteiger partial charge in [-0.2, -0.15) is 9.40 Å². The summed E-state index contributed by atoms with van der Waals surface area (Å²) < 4.78 is 26.2. The van der Waals surface area contributed by atoms with Gasteiger partial charge in [0.1, 0.15) is 5.56 Å². The Morgan fingerprint density at radius 3 is 2.85 bits per heavy atom. The normalized spacial score (nSPS) is 11.9. The SMILES string of the molecule is CCN(Cc1cccs1)S(=O)(=O)c1[nH]ncc1C(=O)O. The van der Waals surface area contributed by atoms with Crippen LogP contribution < -0.4 is 0 Å². The van der Waals surface area contributed by atoms with Crippen LogP contribution in [0.15, 0.2) is 28.7 Å². The highest BCUT2D eigenvalue weighted by molar-refractivity contribution is 7.89. The minimum absolute atomic E-state index is 0.203. The number of aromatic carboxylic acids is 1. The smallest absolute Gasteiger partial charge is 0.340 e. The Labute approximate surface area is 119 Å². The Morgan fingerprint density at radius 2 is 2.30 bits per heavy atom. The fourth-order valence-corrected chi connectivity index (χ4v) is 3.99. The molecule has 0 fully saturated rings. The summed E-state index contributed by atoms with van der Waals surface area (Å²) in [6.45, 7) is 2.13. The van der Waals surface area contributed by atoms with Crippen LogP contribution in [0.3, 0.4) is 0 Å². The number of H-pyrrole nitrogens is 1. The van der Waals surface area contributed by atoms with Gasteiger partial charge in [-0.15, -0.1) is 11.3 Å². The van der Waals surface area contributed by atoms with Crippen LogP contribution in [-0.2, 0) is 16.6 Å². The number of nitrogens with zero attached hydrogens (tertiary/aromatic N) is 2. The molecule has 20 heavy (non-hydrogen) atoms. The Kier molecular flexibility index (Phi) is 4.21. The molecule has 2 N–H and O–H groups in total. The third-order valence-electron chi connectivity index (χ3n) is 2.70. The molecule has 7 nitrogen and oxygen atoms in total. The summed E-state index contributed by atoms with van der Waals surface area (Å²) >= 11 is 1.44. The summed E-state index contributed by atoms with van der Waals surface area (Å²) in [5.74, 6) is -1.33. The molecule has 2 aromatic rings. The number of aromatic amines is 1. The molecule has 0 aliphatic heterocycles. The van der Waals surface area contributed by atoms with Crippen molar-refractivity contribution in [3.63, 3.8) is 0 Å². The Morgan fingerprint density at radius 1 is 1.55 bits per heavy atom. The third kappa shape index (κ3) is 2.74. The summed E-state index contributed by atoms with van der Waals surface area (Å²) in [6, 6.07) is 3.66. The van der Waals surface area contributed by atoms with E-state index < -0.39 is 16.0 Å². The minimum Gasteiger partial charge on any atom is -0.478 e. The van der Waals surface area contributed by atoms with E-state index in [9.17, 15) is 13.2 Å². The van der Waals surface area contributed by atoms with Gasteiger partial charge in [0.25, 0.3) is 10.0 Å². The van der Waals surface area contributed by atoms with E-state index in [4.69, 9.17) is 5.11 Å². The second kappa shape index (κ2) is 5.73. The highest BCUT2D eigenvalue weighted by Crippen LogP contribution is 2.21. The van der Waals surface area contributed by atoms with E-state index in [1.165, 1.54) is 15.6 Å². The topological polar surface area (TPSA) is 103 Å². The van der Waals surface area contributed by atoms with Gasteiger partial charge in [0.15, 0.2) is 5.03 Å². The number of rotatable bonds is 6. The molecule has 0 bridgehead atoms. The summed E-state index contributed by atoms with van der Waals surface area (Å²) in [5, 5.41) is 16.2. The Balaban J connectivity index is 2.36. The van der Waals surface area contributed by atoms with E-state index >= 15 is 0 Å². The summed E-state index contributed by atoms with van der Waals surface area (Å²) in [7, 11) is -3.92. The molecule has 0 aliphatic rings. The summed E-state index contributed by atoms with van der Waals surface area (Å²) in [5.41, 5.74) is -0.352. The lowest BCUT2D eigenvalue weighted by molar-refractivity contribution is 0.0692. The molecular formula is C11H13N3O4S2. The zero-order valence-corrected chi connectivity index (χ0v) is 12.2. The second-order valence-electron chi connectivity index (χ2n) is 3.93. The van der Waals surface area contributed by atoms with Crippen molar-refractivity contribution in [3.8, 4) is 0 Å². The average Bonchev–Trinajstić information content (AvgIpc) is 3.06. The predicted octanol–water partition coefficient (Wildman–Crippen LogP) is 1.38. The van der Waals surface area contributed by atoms with Crippen molar-refractivity contribution in [2.45, 2.75) is 18.5 Å². The first kappa shape index (κ1) is 14.7. The summed E-state index contributed by atoms with van der Waals surface area (Å²) in [4.78, 5) is 11.9. The van der Waals surface area contributed by atoms with E-state index in [-0.39, 0.29) is 23.7 Å². The predicted molar refractivity (Wildman–Crippen MR) is 73.1 cm³/mol. The van der Waals surface area contributed by atoms with Crippen molar-refractivity contribution >= 4 is 27.3 Å². The largest absolute Gasteiger partial charge is 0.478 e. The number of carboxylic acids is 1. The number of hydrogen-bond donors (Lipinski definition) is 2. The van der Waals surface area contributed by atoms with Crippen molar-refractivity contribution in [2.75, 3.05) is 6.54 Å². The highest BCUT2D eigenvalue weighted by Gasteiger charge is 2.30. The maximum absolute atomic E-state index is 12.5. The number of carbonyl (C=O) groups is 1. The zero-order chi connectivity index (χ0) is 14.8. The number of thiophene rings is 1. The Hall–Kier alpha value is -1.71. The van der Waals surface area contributed by atoms with Gasteiger partial charge < -0.3 is 5.11 Å². The number of carboxylic acid groups (broad SMARTS) is 1. The van der Waals surface area contributed by atoms with Gasteiger partial charge in [-0.05, 0) is 11.4 Å². The van der Waals surface area contributed by atoms with Gasteiger partial charge in [-0.25, -0.2) is 13.2 Å². The maximum Gasteiger partial charge on any atom is 0.340 e. The molecule has 0 atom stereocenters. The molecule has 0 unspecified atom stereocenters. The van der Waals surface area contributed by atoms with E-state index in [0.717, 1.165) is 11.1 Å². The standard InChI is InChI=1S/C11H13N3O4S2/c1-2-14(7-8-4-3-5-19-8)20(17,18)10-9(11(15)16)6-12-13-10/h3-6H,2,7H2,1H3,(H,12,13)(H,15,16). The fraction of sp³-hybridized carbons (Fsp3) is 0.273. The molecule has 9 heteroatoms. The first-order chi connectivity index (χ1) is 9.46. The van der Waals surface area contributed by atoms with Crippen LogP contribution in [0.2, 0.25) is 0 Å². The van der Waals surface area contributed by atoms with Gasteiger partial charge >= 0.3 is 5.97 Å². The lowest BCUT2D eigenvalue weighted by Crippen LogP contribution is -2.31. The van der Waals surface area contributed by atoms with Crippen LogP contribution in [-0.4, -0.2) is 40.5 Å². The van der Waals surface area contributed by atoms with Crippen LogP contribution in [0.4, 0.5) is 0 Å². The molecule has 2 rings (SSSR count). The van der Waals surface area contributed by atoms with Crippen LogP contribution in [0, 0.1) is 0 Å². The molecule has 0 aliphatic carbocycles. The zero-order valence-electron chi connectivity index (χ0n) is 10.6. The van der Waals surface area contributed by atoms with Gasteiger partial charge in [-0.1, -0.05) is 13.0 Å². The highest BCUT2D eigenvalue weighted by atomic mass is 32.2. The molecular weight excluding hydrogens is 302 g/mol. The van der Waals surface area contributed by atoms with Crippen molar-refractivity contribution < 1.29 is 18.3 Å². The first-order valence-electron chi connectivity index (χ1n) is 5.76. The molecule has 0 radical (unpaired) electrons. The van der Waals surface area contributed by atoms with Crippen LogP contribution >= 0.6 is 11.3 Å². The van der Waals surface area contributed by atoms with Gasteiger partial charge in [0, 0.05) is 18.0 Å². The molecule has 2 aromatic heterocycles. The number of sulfonamides is 1. The number of hydrogen-bond acceptors (Lipinski definition) is 5. The minimum atomic E-state index is -3.92. The molecule has 0 aromatic carbocycles. The number of aromatic nitrogens is 2. The quantitative estimate of drug-likeness (QED) is 0.838. The molecule has 2 heterocycles. The van der Waals surface area contributed by atoms with E-state index in [2.05, 4.69) is 10.2 Å². The molecule has 0 saturated heterocycles. The molecule has 0 amide bonds. The lowest BCUT2D eigenvalue weighted by atomic mass is 10.4. The third-order valence-corrected chi connectivity index (χ3v) is 5.45.